The third-order valence-corrected chi connectivity index (χ3v) is 3.52. The van der Waals surface area contributed by atoms with Crippen molar-refractivity contribution in [2.75, 3.05) is 27.1 Å². The molecular weight excluding hydrogens is 242 g/mol. The Hall–Kier alpha value is -0.960. The standard InChI is InChI=1S/C9H17N5O2S/c1-7-10-3-8(17-7)4-14-6-16-5-13(2)9(14)11-12-15/h3,7,10,12,15H,4-6H2,1-2H3/p+1. The molecule has 1 atom stereocenters. The van der Waals surface area contributed by atoms with Gasteiger partial charge >= 0.3 is 0 Å². The number of hydrogen-bond donors (Lipinski definition) is 3. The Bertz CT molecular complexity index is 335. The van der Waals surface area contributed by atoms with E-state index in [1.807, 2.05) is 23.0 Å². The third kappa shape index (κ3) is 3.03. The molecule has 17 heavy (non-hydrogen) atoms. The molecule has 2 aliphatic rings. The Morgan fingerprint density at radius 1 is 1.71 bits per heavy atom. The van der Waals surface area contributed by atoms with Gasteiger partial charge in [-0.2, -0.15) is 5.21 Å². The lowest BCUT2D eigenvalue weighted by Crippen LogP contribution is -2.76. The first-order valence-electron chi connectivity index (χ1n) is 5.40. The van der Waals surface area contributed by atoms with Gasteiger partial charge in [0, 0.05) is 18.2 Å². The highest BCUT2D eigenvalue weighted by atomic mass is 32.2. The van der Waals surface area contributed by atoms with E-state index in [2.05, 4.69) is 17.3 Å². The average Bonchev–Trinajstić information content (AvgIpc) is 2.69. The summed E-state index contributed by atoms with van der Waals surface area (Å²) < 4.78 is 5.43. The molecule has 1 saturated heterocycles. The zero-order valence-corrected chi connectivity index (χ0v) is 10.8. The van der Waals surface area contributed by atoms with Crippen molar-refractivity contribution in [3.05, 3.63) is 11.1 Å². The molecule has 0 radical (unpaired) electrons. The fourth-order valence-electron chi connectivity index (χ4n) is 1.77. The number of nitrogens with one attached hydrogen (secondary N) is 1. The fraction of sp³-hybridized carbons (Fsp3) is 0.667. The van der Waals surface area contributed by atoms with Crippen LogP contribution in [0.3, 0.4) is 0 Å². The average molecular weight is 260 g/mol. The second-order valence-electron chi connectivity index (χ2n) is 3.94. The highest BCUT2D eigenvalue weighted by Gasteiger charge is 2.25. The van der Waals surface area contributed by atoms with Crippen LogP contribution in [0.2, 0.25) is 0 Å². The molecule has 2 rings (SSSR count). The third-order valence-electron chi connectivity index (χ3n) is 2.48. The predicted molar refractivity (Wildman–Crippen MR) is 64.7 cm³/mol. The number of thioether (sulfide) groups is 1. The fourth-order valence-corrected chi connectivity index (χ4v) is 2.73. The van der Waals surface area contributed by atoms with E-state index in [0.717, 1.165) is 18.1 Å². The summed E-state index contributed by atoms with van der Waals surface area (Å²) in [5.74, 6) is 0.722. The first kappa shape index (κ1) is 12.5. The molecule has 4 N–H and O–H groups in total. The van der Waals surface area contributed by atoms with Crippen LogP contribution in [0.4, 0.5) is 0 Å². The molecule has 0 bridgehead atoms. The Kier molecular flexibility index (Phi) is 4.11. The Morgan fingerprint density at radius 2 is 2.53 bits per heavy atom. The van der Waals surface area contributed by atoms with Crippen LogP contribution < -0.4 is 10.9 Å². The summed E-state index contributed by atoms with van der Waals surface area (Å²) in [7, 11) is 1.88. The maximum atomic E-state index is 8.82. The number of nitrogens with zero attached hydrogens (tertiary/aromatic N) is 3. The van der Waals surface area contributed by atoms with Crippen molar-refractivity contribution in [3.63, 3.8) is 0 Å². The highest BCUT2D eigenvalue weighted by molar-refractivity contribution is 8.03. The molecule has 0 aromatic carbocycles. The SMILES string of the molecule is CC1NC=C(CN2COCN(C)C2=N[NH2+]O)S1. The van der Waals surface area contributed by atoms with Crippen molar-refractivity contribution in [1.29, 1.82) is 0 Å². The number of guanidine groups is 1. The van der Waals surface area contributed by atoms with Crippen molar-refractivity contribution in [2.24, 2.45) is 5.10 Å². The minimum Gasteiger partial charge on any atom is -0.378 e. The molecule has 1 fully saturated rings. The van der Waals surface area contributed by atoms with E-state index in [0.29, 0.717) is 18.8 Å². The maximum Gasteiger partial charge on any atom is 0.262 e. The molecule has 0 aromatic heterocycles. The van der Waals surface area contributed by atoms with Gasteiger partial charge in [0.2, 0.25) is 0 Å². The lowest BCUT2D eigenvalue weighted by atomic mass is 10.5. The van der Waals surface area contributed by atoms with E-state index >= 15 is 0 Å². The molecule has 0 saturated carbocycles. The highest BCUT2D eigenvalue weighted by Crippen LogP contribution is 2.26. The summed E-state index contributed by atoms with van der Waals surface area (Å²) in [6, 6.07) is 0. The number of rotatable bonds is 3. The molecule has 8 heteroatoms. The van der Waals surface area contributed by atoms with Crippen molar-refractivity contribution in [2.45, 2.75) is 12.3 Å². The van der Waals surface area contributed by atoms with Crippen molar-refractivity contribution in [3.8, 4) is 0 Å². The molecule has 0 aliphatic carbocycles. The Morgan fingerprint density at radius 3 is 3.18 bits per heavy atom. The van der Waals surface area contributed by atoms with Gasteiger partial charge in [-0.15, -0.1) is 11.8 Å². The lowest BCUT2D eigenvalue weighted by Gasteiger charge is -2.35. The van der Waals surface area contributed by atoms with Crippen LogP contribution in [-0.2, 0) is 4.74 Å². The van der Waals surface area contributed by atoms with Crippen LogP contribution in [0.5, 0.6) is 0 Å². The summed E-state index contributed by atoms with van der Waals surface area (Å²) in [5.41, 5.74) is 0.821. The van der Waals surface area contributed by atoms with Gasteiger partial charge < -0.3 is 19.9 Å². The Balaban J connectivity index is 2.00. The van der Waals surface area contributed by atoms with Gasteiger partial charge in [0.1, 0.15) is 13.5 Å². The monoisotopic (exact) mass is 260 g/mol. The zero-order chi connectivity index (χ0) is 12.3. The molecule has 2 aliphatic heterocycles. The topological polar surface area (TPSA) is 76.9 Å². The molecule has 7 nitrogen and oxygen atoms in total. The molecular formula is C9H18N5O2S+. The predicted octanol–water partition coefficient (Wildman–Crippen LogP) is -1.09. The van der Waals surface area contributed by atoms with E-state index in [1.54, 1.807) is 11.8 Å². The van der Waals surface area contributed by atoms with Crippen molar-refractivity contribution < 1.29 is 15.5 Å². The van der Waals surface area contributed by atoms with Gasteiger partial charge in [0.05, 0.1) is 11.9 Å². The minimum atomic E-state index is 0.415. The summed E-state index contributed by atoms with van der Waals surface area (Å²) in [5, 5.41) is 16.4. The van der Waals surface area contributed by atoms with Crippen LogP contribution in [0, 0.1) is 0 Å². The molecule has 2 heterocycles. The summed E-state index contributed by atoms with van der Waals surface area (Å²) in [4.78, 5) is 5.07. The van der Waals surface area contributed by atoms with E-state index < -0.39 is 0 Å². The van der Waals surface area contributed by atoms with E-state index in [-0.39, 0.29) is 0 Å². The van der Waals surface area contributed by atoms with Crippen molar-refractivity contribution >= 4 is 17.7 Å². The Labute approximate surface area is 104 Å². The van der Waals surface area contributed by atoms with Gasteiger partial charge in [-0.25, -0.2) is 0 Å². The largest absolute Gasteiger partial charge is 0.378 e. The summed E-state index contributed by atoms with van der Waals surface area (Å²) in [6.45, 7) is 3.83. The first-order chi connectivity index (χ1) is 8.20. The first-order valence-corrected chi connectivity index (χ1v) is 6.28. The minimum absolute atomic E-state index is 0.415. The van der Waals surface area contributed by atoms with Gasteiger partial charge in [0.25, 0.3) is 5.96 Å². The summed E-state index contributed by atoms with van der Waals surface area (Å²) in [6.07, 6.45) is 2.02. The maximum absolute atomic E-state index is 8.82. The number of quaternary nitrogens is 1. The van der Waals surface area contributed by atoms with Crippen LogP contribution in [0.25, 0.3) is 0 Å². The van der Waals surface area contributed by atoms with E-state index in [1.165, 1.54) is 4.91 Å². The van der Waals surface area contributed by atoms with Gasteiger partial charge in [-0.3, -0.25) is 0 Å². The van der Waals surface area contributed by atoms with Gasteiger partial charge in [0.15, 0.2) is 0 Å². The zero-order valence-electron chi connectivity index (χ0n) is 9.96. The van der Waals surface area contributed by atoms with E-state index in [4.69, 9.17) is 9.94 Å². The van der Waals surface area contributed by atoms with Crippen LogP contribution in [0.1, 0.15) is 6.92 Å². The number of ether oxygens (including phenoxy) is 1. The number of nitrogens with two attached hydrogens (primary N) is 1. The smallest absolute Gasteiger partial charge is 0.262 e. The second kappa shape index (κ2) is 5.58. The second-order valence-corrected chi connectivity index (χ2v) is 5.41. The molecule has 0 spiro atoms. The molecule has 0 amide bonds. The van der Waals surface area contributed by atoms with Crippen LogP contribution in [0.15, 0.2) is 16.2 Å². The number of hydrogen-bond acceptors (Lipinski definition) is 5. The quantitative estimate of drug-likeness (QED) is 0.442. The van der Waals surface area contributed by atoms with Crippen LogP contribution in [-0.4, -0.2) is 53.4 Å². The molecule has 1 unspecified atom stereocenters. The van der Waals surface area contributed by atoms with E-state index in [9.17, 15) is 0 Å². The normalized spacial score (nSPS) is 27.4. The van der Waals surface area contributed by atoms with Gasteiger partial charge in [-0.1, -0.05) is 5.59 Å². The lowest BCUT2D eigenvalue weighted by molar-refractivity contribution is -0.893. The van der Waals surface area contributed by atoms with Crippen molar-refractivity contribution in [1.82, 2.24) is 15.1 Å². The van der Waals surface area contributed by atoms with Crippen LogP contribution >= 0.6 is 11.8 Å². The molecule has 96 valence electrons. The van der Waals surface area contributed by atoms with Gasteiger partial charge in [-0.05, 0) is 12.0 Å². The molecule has 0 aromatic rings. The summed E-state index contributed by atoms with van der Waals surface area (Å²) >= 11 is 1.79.